The smallest absolute Gasteiger partial charge is 0.236 e. The molecule has 10 N–H and O–H groups in total. The molecule has 0 aromatic rings. The number of hydrogen-bond donors (Lipinski definition) is 6. The van der Waals surface area contributed by atoms with Gasteiger partial charge in [-0.1, -0.05) is 76.2 Å². The molecular weight excluding hydrogens is 578 g/mol. The molecule has 0 unspecified atom stereocenters. The molecule has 0 radical (unpaired) electrons. The first-order valence-electron chi connectivity index (χ1n) is 18.4. The van der Waals surface area contributed by atoms with Gasteiger partial charge < -0.3 is 38.5 Å². The summed E-state index contributed by atoms with van der Waals surface area (Å²) in [5.41, 5.74) is 23.0. The van der Waals surface area contributed by atoms with Crippen LogP contribution in [0.1, 0.15) is 135 Å². The van der Waals surface area contributed by atoms with E-state index in [-0.39, 0.29) is 17.7 Å². The summed E-state index contributed by atoms with van der Waals surface area (Å²) in [6.45, 7) is 5.45. The number of nitrogens with two attached hydrogens (primary N) is 4. The Hall–Kier alpha value is -2.27. The second kappa shape index (κ2) is 32.7. The molecule has 0 saturated carbocycles. The summed E-state index contributed by atoms with van der Waals surface area (Å²) < 4.78 is 0. The topological polar surface area (TPSA) is 183 Å². The van der Waals surface area contributed by atoms with Gasteiger partial charge in [0, 0.05) is 32.6 Å². The van der Waals surface area contributed by atoms with E-state index in [1.807, 2.05) is 4.90 Å². The number of hydrogen-bond acceptors (Lipinski definition) is 7. The van der Waals surface area contributed by atoms with E-state index in [1.54, 1.807) is 0 Å². The number of carbonyl (C=O) groups is 3. The maximum Gasteiger partial charge on any atom is 0.236 e. The summed E-state index contributed by atoms with van der Waals surface area (Å²) >= 11 is 0. The van der Waals surface area contributed by atoms with Crippen molar-refractivity contribution in [3.05, 3.63) is 24.3 Å². The molecule has 3 amide bonds. The Morgan fingerprint density at radius 2 is 1.09 bits per heavy atom. The molecule has 0 saturated heterocycles. The van der Waals surface area contributed by atoms with Crippen molar-refractivity contribution in [3.8, 4) is 0 Å². The molecule has 0 rings (SSSR count). The van der Waals surface area contributed by atoms with Crippen molar-refractivity contribution in [2.75, 3.05) is 39.3 Å². The average molecular weight is 650 g/mol. The second-order valence-corrected chi connectivity index (χ2v) is 12.4. The van der Waals surface area contributed by atoms with Gasteiger partial charge in [-0.25, -0.2) is 0 Å². The summed E-state index contributed by atoms with van der Waals surface area (Å²) in [6.07, 6.45) is 28.1. The first kappa shape index (κ1) is 43.7. The molecular formula is C36H71N7O3. The van der Waals surface area contributed by atoms with Gasteiger partial charge in [-0.05, 0) is 90.1 Å². The van der Waals surface area contributed by atoms with Crippen molar-refractivity contribution in [1.82, 2.24) is 15.5 Å². The first-order chi connectivity index (χ1) is 22.4. The van der Waals surface area contributed by atoms with Crippen LogP contribution in [0.15, 0.2) is 24.3 Å². The van der Waals surface area contributed by atoms with Crippen LogP contribution in [0.4, 0.5) is 0 Å². The van der Waals surface area contributed by atoms with Crippen molar-refractivity contribution < 1.29 is 14.4 Å². The summed E-state index contributed by atoms with van der Waals surface area (Å²) in [6, 6.07) is -1.07. The maximum atomic E-state index is 13.1. The predicted octanol–water partition coefficient (Wildman–Crippen LogP) is 4.55. The second-order valence-electron chi connectivity index (χ2n) is 12.4. The molecule has 10 nitrogen and oxygen atoms in total. The summed E-state index contributed by atoms with van der Waals surface area (Å²) in [7, 11) is 0. The van der Waals surface area contributed by atoms with E-state index in [0.717, 1.165) is 57.8 Å². The lowest BCUT2D eigenvalue weighted by Crippen LogP contribution is -2.43. The summed E-state index contributed by atoms with van der Waals surface area (Å²) in [5, 5.41) is 5.80. The number of nitrogens with zero attached hydrogens (tertiary/aromatic N) is 1. The highest BCUT2D eigenvalue weighted by Gasteiger charge is 2.16. The molecule has 0 aromatic carbocycles. The molecule has 0 aromatic heterocycles. The van der Waals surface area contributed by atoms with Crippen molar-refractivity contribution >= 4 is 17.7 Å². The van der Waals surface area contributed by atoms with Crippen LogP contribution in [0.3, 0.4) is 0 Å². The van der Waals surface area contributed by atoms with Crippen molar-refractivity contribution in [3.63, 3.8) is 0 Å². The fourth-order valence-electron chi connectivity index (χ4n) is 5.11. The van der Waals surface area contributed by atoms with Crippen LogP contribution < -0.4 is 33.6 Å². The minimum atomic E-state index is -0.534. The number of unbranched alkanes of at least 4 members (excludes halogenated alkanes) is 10. The van der Waals surface area contributed by atoms with E-state index in [4.69, 9.17) is 22.9 Å². The SMILES string of the molecule is CCCCC/C=C/C/C=C/CCCCCCCC(=O)N(CCCNC(=O)[C@@H](N)CCCCN)CCCNC(=O)[C@@H](N)CCCCN. The zero-order valence-corrected chi connectivity index (χ0v) is 29.3. The average Bonchev–Trinajstić information content (AvgIpc) is 3.05. The van der Waals surface area contributed by atoms with E-state index in [0.29, 0.717) is 71.4 Å². The number of amides is 3. The lowest BCUT2D eigenvalue weighted by Gasteiger charge is -2.23. The van der Waals surface area contributed by atoms with E-state index in [2.05, 4.69) is 41.9 Å². The standard InChI is InChI=1S/C36H71N7O3/c1-2-3-4-5-6-7-8-9-10-11-12-13-14-15-16-25-34(44)43(30-21-28-41-35(45)32(39)23-17-19-26-37)31-22-29-42-36(46)33(40)24-18-20-27-38/h6-7,9-10,32-33H,2-5,8,11-31,37-40H2,1H3,(H,41,45)(H,42,46)/b7-6+,10-9+/t32-,33-/m0/s1. The fourth-order valence-corrected chi connectivity index (χ4v) is 5.11. The molecule has 2 atom stereocenters. The highest BCUT2D eigenvalue weighted by Crippen LogP contribution is 2.10. The van der Waals surface area contributed by atoms with E-state index < -0.39 is 12.1 Å². The van der Waals surface area contributed by atoms with Gasteiger partial charge >= 0.3 is 0 Å². The first-order valence-corrected chi connectivity index (χ1v) is 18.4. The van der Waals surface area contributed by atoms with Crippen LogP contribution in [0, 0.1) is 0 Å². The Kier molecular flexibility index (Phi) is 31.1. The fraction of sp³-hybridized carbons (Fsp3) is 0.806. The van der Waals surface area contributed by atoms with Gasteiger partial charge in [0.2, 0.25) is 17.7 Å². The highest BCUT2D eigenvalue weighted by atomic mass is 16.2. The molecule has 10 heteroatoms. The number of allylic oxidation sites excluding steroid dienone is 4. The summed E-state index contributed by atoms with van der Waals surface area (Å²) in [5.74, 6) is -0.198. The van der Waals surface area contributed by atoms with Gasteiger partial charge in [0.1, 0.15) is 0 Å². The number of rotatable bonds is 32. The Labute approximate surface area is 281 Å². The normalized spacial score (nSPS) is 12.9. The molecule has 0 fully saturated rings. The van der Waals surface area contributed by atoms with Crippen LogP contribution in [0.5, 0.6) is 0 Å². The molecule has 268 valence electrons. The molecule has 0 aliphatic heterocycles. The minimum absolute atomic E-state index is 0.125. The van der Waals surface area contributed by atoms with Crippen molar-refractivity contribution in [1.29, 1.82) is 0 Å². The van der Waals surface area contributed by atoms with Crippen molar-refractivity contribution in [2.45, 2.75) is 147 Å². The highest BCUT2D eigenvalue weighted by molar-refractivity contribution is 5.81. The lowest BCUT2D eigenvalue weighted by molar-refractivity contribution is -0.131. The molecule has 0 spiro atoms. The number of carbonyl (C=O) groups excluding carboxylic acids is 3. The molecule has 0 aliphatic carbocycles. The van der Waals surface area contributed by atoms with E-state index in [9.17, 15) is 14.4 Å². The third-order valence-corrected chi connectivity index (χ3v) is 8.11. The Morgan fingerprint density at radius 3 is 1.59 bits per heavy atom. The Bertz CT molecular complexity index is 770. The minimum Gasteiger partial charge on any atom is -0.355 e. The van der Waals surface area contributed by atoms with Gasteiger partial charge in [0.15, 0.2) is 0 Å². The van der Waals surface area contributed by atoms with E-state index in [1.165, 1.54) is 38.5 Å². The van der Waals surface area contributed by atoms with Gasteiger partial charge in [-0.2, -0.15) is 0 Å². The third-order valence-electron chi connectivity index (χ3n) is 8.11. The quantitative estimate of drug-likeness (QED) is 0.0456. The Morgan fingerprint density at radius 1 is 0.609 bits per heavy atom. The van der Waals surface area contributed by atoms with Gasteiger partial charge in [-0.15, -0.1) is 0 Å². The van der Waals surface area contributed by atoms with Crippen molar-refractivity contribution in [2.24, 2.45) is 22.9 Å². The molecule has 46 heavy (non-hydrogen) atoms. The van der Waals surface area contributed by atoms with Gasteiger partial charge in [-0.3, -0.25) is 14.4 Å². The monoisotopic (exact) mass is 650 g/mol. The van der Waals surface area contributed by atoms with Crippen LogP contribution >= 0.6 is 0 Å². The zero-order valence-electron chi connectivity index (χ0n) is 29.3. The largest absolute Gasteiger partial charge is 0.355 e. The lowest BCUT2D eigenvalue weighted by atomic mass is 10.1. The third kappa shape index (κ3) is 26.9. The maximum absolute atomic E-state index is 13.1. The van der Waals surface area contributed by atoms with E-state index >= 15 is 0 Å². The summed E-state index contributed by atoms with van der Waals surface area (Å²) in [4.78, 5) is 39.6. The van der Waals surface area contributed by atoms with Crippen LogP contribution in [0.25, 0.3) is 0 Å². The van der Waals surface area contributed by atoms with Crippen LogP contribution in [-0.2, 0) is 14.4 Å². The van der Waals surface area contributed by atoms with Crippen LogP contribution in [-0.4, -0.2) is 74.0 Å². The molecule has 0 aliphatic rings. The van der Waals surface area contributed by atoms with Gasteiger partial charge in [0.25, 0.3) is 0 Å². The molecule has 0 bridgehead atoms. The number of nitrogens with one attached hydrogen (secondary N) is 2. The predicted molar refractivity (Wildman–Crippen MR) is 193 cm³/mol. The van der Waals surface area contributed by atoms with Crippen LogP contribution in [0.2, 0.25) is 0 Å². The zero-order chi connectivity index (χ0) is 34.1. The Balaban J connectivity index is 4.45. The van der Waals surface area contributed by atoms with Gasteiger partial charge in [0.05, 0.1) is 12.1 Å². The molecule has 0 heterocycles.